The molecule has 2 fully saturated rings. The van der Waals surface area contributed by atoms with Crippen LogP contribution in [0.3, 0.4) is 0 Å². The van der Waals surface area contributed by atoms with Crippen LogP contribution in [0.15, 0.2) is 42.6 Å². The van der Waals surface area contributed by atoms with Crippen molar-refractivity contribution in [3.63, 3.8) is 0 Å². The molecule has 2 aliphatic rings. The molecule has 1 amide bonds. The third-order valence-corrected chi connectivity index (χ3v) is 5.77. The van der Waals surface area contributed by atoms with E-state index in [0.29, 0.717) is 17.6 Å². The molecule has 5 heteroatoms. The van der Waals surface area contributed by atoms with Gasteiger partial charge in [-0.2, -0.15) is 0 Å². The maximum atomic E-state index is 12.9. The molecule has 3 heterocycles. The number of carbonyl (C=O) groups is 1. The predicted molar refractivity (Wildman–Crippen MR) is 107 cm³/mol. The summed E-state index contributed by atoms with van der Waals surface area (Å²) in [6.07, 6.45) is 8.58. The summed E-state index contributed by atoms with van der Waals surface area (Å²) in [7, 11) is 0. The molecule has 1 aromatic carbocycles. The van der Waals surface area contributed by atoms with Crippen molar-refractivity contribution in [2.75, 3.05) is 31.1 Å². The van der Waals surface area contributed by atoms with Crippen molar-refractivity contribution in [1.29, 1.82) is 0 Å². The van der Waals surface area contributed by atoms with Gasteiger partial charge in [0.15, 0.2) is 0 Å². The highest BCUT2D eigenvalue weighted by Crippen LogP contribution is 2.23. The van der Waals surface area contributed by atoms with Crippen LogP contribution in [-0.2, 0) is 6.42 Å². The maximum Gasteiger partial charge on any atom is 0.272 e. The number of anilines is 1. The average Bonchev–Trinajstić information content (AvgIpc) is 2.75. The van der Waals surface area contributed by atoms with Crippen molar-refractivity contribution in [3.05, 3.63) is 53.9 Å². The number of likely N-dealkylation sites (tertiary alicyclic amines) is 1. The molecule has 4 rings (SSSR count). The van der Waals surface area contributed by atoms with Gasteiger partial charge in [-0.1, -0.05) is 30.3 Å². The Balaban J connectivity index is 1.35. The minimum Gasteiger partial charge on any atom is -0.341 e. The minimum atomic E-state index is 0.0498. The first-order chi connectivity index (χ1) is 13.3. The number of aromatic nitrogens is 2. The smallest absolute Gasteiger partial charge is 0.272 e. The van der Waals surface area contributed by atoms with E-state index in [9.17, 15) is 4.79 Å². The van der Waals surface area contributed by atoms with Crippen LogP contribution in [0.5, 0.6) is 0 Å². The highest BCUT2D eigenvalue weighted by atomic mass is 16.2. The van der Waals surface area contributed by atoms with Crippen LogP contribution in [0.1, 0.15) is 48.2 Å². The normalized spacial score (nSPS) is 18.5. The van der Waals surface area contributed by atoms with Crippen molar-refractivity contribution < 1.29 is 4.79 Å². The maximum absolute atomic E-state index is 12.9. The summed E-state index contributed by atoms with van der Waals surface area (Å²) in [6, 6.07) is 12.4. The molecule has 0 N–H and O–H groups in total. The number of nitrogens with zero attached hydrogens (tertiary/aromatic N) is 4. The van der Waals surface area contributed by atoms with Gasteiger partial charge in [0.2, 0.25) is 5.95 Å². The van der Waals surface area contributed by atoms with E-state index in [4.69, 9.17) is 0 Å². The van der Waals surface area contributed by atoms with Gasteiger partial charge in [0.1, 0.15) is 5.69 Å². The summed E-state index contributed by atoms with van der Waals surface area (Å²) in [5.74, 6) is 1.42. The lowest BCUT2D eigenvalue weighted by Crippen LogP contribution is -2.39. The molecular weight excluding hydrogens is 336 g/mol. The van der Waals surface area contributed by atoms with Gasteiger partial charge in [-0.15, -0.1) is 0 Å². The minimum absolute atomic E-state index is 0.0498. The van der Waals surface area contributed by atoms with E-state index in [0.717, 1.165) is 45.4 Å². The molecule has 0 bridgehead atoms. The predicted octanol–water partition coefficient (Wildman–Crippen LogP) is 3.56. The SMILES string of the molecule is O=C(c1ccnc(N2CCCCC2)n1)N1CCC(Cc2ccccc2)CC1. The van der Waals surface area contributed by atoms with Gasteiger partial charge in [-0.25, -0.2) is 9.97 Å². The molecule has 27 heavy (non-hydrogen) atoms. The summed E-state index contributed by atoms with van der Waals surface area (Å²) in [6.45, 7) is 3.61. The Morgan fingerprint density at radius 1 is 0.963 bits per heavy atom. The lowest BCUT2D eigenvalue weighted by atomic mass is 9.90. The second-order valence-corrected chi connectivity index (χ2v) is 7.71. The van der Waals surface area contributed by atoms with Crippen LogP contribution in [0.2, 0.25) is 0 Å². The number of benzene rings is 1. The first kappa shape index (κ1) is 18.0. The Kier molecular flexibility index (Phi) is 5.66. The number of carbonyl (C=O) groups excluding carboxylic acids is 1. The van der Waals surface area contributed by atoms with Crippen LogP contribution >= 0.6 is 0 Å². The molecule has 0 aliphatic carbocycles. The molecule has 0 saturated carbocycles. The summed E-state index contributed by atoms with van der Waals surface area (Å²) < 4.78 is 0. The molecule has 0 atom stereocenters. The highest BCUT2D eigenvalue weighted by molar-refractivity contribution is 5.92. The van der Waals surface area contributed by atoms with Crippen molar-refractivity contribution in [3.8, 4) is 0 Å². The van der Waals surface area contributed by atoms with Crippen LogP contribution < -0.4 is 4.90 Å². The molecule has 2 saturated heterocycles. The van der Waals surface area contributed by atoms with Crippen LogP contribution in [-0.4, -0.2) is 47.0 Å². The molecule has 0 radical (unpaired) electrons. The zero-order valence-electron chi connectivity index (χ0n) is 15.9. The molecule has 0 unspecified atom stereocenters. The van der Waals surface area contributed by atoms with E-state index in [1.165, 1.54) is 24.8 Å². The Bertz CT molecular complexity index is 750. The van der Waals surface area contributed by atoms with Gasteiger partial charge in [0, 0.05) is 32.4 Å². The monoisotopic (exact) mass is 364 g/mol. The van der Waals surface area contributed by atoms with E-state index in [-0.39, 0.29) is 5.91 Å². The summed E-state index contributed by atoms with van der Waals surface area (Å²) in [5, 5.41) is 0. The van der Waals surface area contributed by atoms with Gasteiger partial charge >= 0.3 is 0 Å². The second-order valence-electron chi connectivity index (χ2n) is 7.71. The number of amides is 1. The number of hydrogen-bond donors (Lipinski definition) is 0. The lowest BCUT2D eigenvalue weighted by Gasteiger charge is -2.32. The van der Waals surface area contributed by atoms with Gasteiger partial charge < -0.3 is 9.80 Å². The van der Waals surface area contributed by atoms with E-state index < -0.39 is 0 Å². The summed E-state index contributed by atoms with van der Waals surface area (Å²) in [4.78, 5) is 26.1. The molecule has 142 valence electrons. The van der Waals surface area contributed by atoms with Gasteiger partial charge in [0.25, 0.3) is 5.91 Å². The average molecular weight is 364 g/mol. The summed E-state index contributed by atoms with van der Waals surface area (Å²) >= 11 is 0. The Morgan fingerprint density at radius 3 is 2.44 bits per heavy atom. The van der Waals surface area contributed by atoms with Crippen LogP contribution in [0.25, 0.3) is 0 Å². The third-order valence-electron chi connectivity index (χ3n) is 5.77. The standard InChI is InChI=1S/C22H28N4O/c27-21(20-9-12-23-22(24-20)26-13-5-2-6-14-26)25-15-10-19(11-16-25)17-18-7-3-1-4-8-18/h1,3-4,7-9,12,19H,2,5-6,10-11,13-17H2. The van der Waals surface area contributed by atoms with Crippen molar-refractivity contribution in [2.45, 2.75) is 38.5 Å². The van der Waals surface area contributed by atoms with Crippen molar-refractivity contribution >= 4 is 11.9 Å². The van der Waals surface area contributed by atoms with Gasteiger partial charge in [-0.3, -0.25) is 4.79 Å². The molecule has 2 aromatic rings. The van der Waals surface area contributed by atoms with E-state index in [1.807, 2.05) is 4.90 Å². The quantitative estimate of drug-likeness (QED) is 0.832. The van der Waals surface area contributed by atoms with E-state index in [1.54, 1.807) is 12.3 Å². The lowest BCUT2D eigenvalue weighted by molar-refractivity contribution is 0.0684. The van der Waals surface area contributed by atoms with Gasteiger partial charge in [0.05, 0.1) is 0 Å². The first-order valence-corrected chi connectivity index (χ1v) is 10.2. The topological polar surface area (TPSA) is 49.3 Å². The fourth-order valence-electron chi connectivity index (χ4n) is 4.16. The van der Waals surface area contributed by atoms with E-state index in [2.05, 4.69) is 45.2 Å². The second kappa shape index (κ2) is 8.51. The Hall–Kier alpha value is -2.43. The van der Waals surface area contributed by atoms with Gasteiger partial charge in [-0.05, 0) is 56.1 Å². The Morgan fingerprint density at radius 2 is 1.70 bits per heavy atom. The number of hydrogen-bond acceptors (Lipinski definition) is 4. The Labute approximate surface area is 161 Å². The third kappa shape index (κ3) is 4.46. The zero-order chi connectivity index (χ0) is 18.5. The van der Waals surface area contributed by atoms with Crippen LogP contribution in [0, 0.1) is 5.92 Å². The fourth-order valence-corrected chi connectivity index (χ4v) is 4.16. The first-order valence-electron chi connectivity index (χ1n) is 10.2. The fraction of sp³-hybridized carbons (Fsp3) is 0.500. The molecule has 0 spiro atoms. The number of piperidine rings is 2. The van der Waals surface area contributed by atoms with Crippen LogP contribution in [0.4, 0.5) is 5.95 Å². The molecular formula is C22H28N4O. The van der Waals surface area contributed by atoms with Crippen molar-refractivity contribution in [2.24, 2.45) is 5.92 Å². The molecule has 1 aromatic heterocycles. The molecule has 2 aliphatic heterocycles. The van der Waals surface area contributed by atoms with Crippen molar-refractivity contribution in [1.82, 2.24) is 14.9 Å². The van der Waals surface area contributed by atoms with E-state index >= 15 is 0 Å². The largest absolute Gasteiger partial charge is 0.341 e. The zero-order valence-corrected chi connectivity index (χ0v) is 15.9. The highest BCUT2D eigenvalue weighted by Gasteiger charge is 2.25. The summed E-state index contributed by atoms with van der Waals surface area (Å²) in [5.41, 5.74) is 1.93. The molecule has 5 nitrogen and oxygen atoms in total. The number of rotatable bonds is 4.